The summed E-state index contributed by atoms with van der Waals surface area (Å²) < 4.78 is 5.35. The van der Waals surface area contributed by atoms with Gasteiger partial charge in [0.2, 0.25) is 0 Å². The second-order valence-electron chi connectivity index (χ2n) is 4.21. The summed E-state index contributed by atoms with van der Waals surface area (Å²) in [5.41, 5.74) is 1.54. The first kappa shape index (κ1) is 14.8. The molecule has 2 N–H and O–H groups in total. The molecule has 5 heteroatoms. The van der Waals surface area contributed by atoms with Gasteiger partial charge < -0.3 is 15.2 Å². The van der Waals surface area contributed by atoms with Crippen LogP contribution in [-0.4, -0.2) is 11.7 Å². The lowest BCUT2D eigenvalue weighted by molar-refractivity contribution is 0.317. The Morgan fingerprint density at radius 2 is 1.85 bits per heavy atom. The zero-order chi connectivity index (χ0) is 14.5. The molecule has 0 aliphatic carbocycles. The van der Waals surface area contributed by atoms with Gasteiger partial charge in [0.1, 0.15) is 0 Å². The molecule has 0 heterocycles. The number of anilines is 1. The fraction of sp³-hybridized carbons (Fsp3) is 0.200. The van der Waals surface area contributed by atoms with Crippen molar-refractivity contribution in [1.82, 2.24) is 0 Å². The molecule has 0 unspecified atom stereocenters. The Labute approximate surface area is 128 Å². The molecule has 0 atom stereocenters. The van der Waals surface area contributed by atoms with Crippen molar-refractivity contribution in [2.75, 3.05) is 11.9 Å². The molecule has 2 aromatic carbocycles. The van der Waals surface area contributed by atoms with E-state index in [1.807, 2.05) is 19.1 Å². The number of hydrogen-bond acceptors (Lipinski definition) is 3. The van der Waals surface area contributed by atoms with Crippen molar-refractivity contribution in [2.24, 2.45) is 0 Å². The molecule has 20 heavy (non-hydrogen) atoms. The van der Waals surface area contributed by atoms with Gasteiger partial charge >= 0.3 is 0 Å². The highest BCUT2D eigenvalue weighted by Gasteiger charge is 2.07. The summed E-state index contributed by atoms with van der Waals surface area (Å²) >= 11 is 11.9. The van der Waals surface area contributed by atoms with Crippen molar-refractivity contribution in [1.29, 1.82) is 0 Å². The van der Waals surface area contributed by atoms with E-state index in [2.05, 4.69) is 5.32 Å². The van der Waals surface area contributed by atoms with Gasteiger partial charge in [-0.1, -0.05) is 35.3 Å². The van der Waals surface area contributed by atoms with Gasteiger partial charge in [0.25, 0.3) is 0 Å². The number of phenolic OH excluding ortho intramolecular Hbond substituents is 1. The summed E-state index contributed by atoms with van der Waals surface area (Å²) in [6, 6.07) is 10.6. The van der Waals surface area contributed by atoms with Gasteiger partial charge in [-0.05, 0) is 31.2 Å². The van der Waals surface area contributed by atoms with Crippen LogP contribution in [0.2, 0.25) is 10.0 Å². The summed E-state index contributed by atoms with van der Waals surface area (Å²) in [6.45, 7) is 2.83. The minimum absolute atomic E-state index is 0.148. The molecule has 0 saturated heterocycles. The predicted octanol–water partition coefficient (Wildman–Crippen LogP) is 4.71. The molecule has 2 rings (SSSR count). The Balaban J connectivity index is 2.12. The highest BCUT2D eigenvalue weighted by Crippen LogP contribution is 2.30. The smallest absolute Gasteiger partial charge is 0.162 e. The number of aromatic hydroxyl groups is 1. The van der Waals surface area contributed by atoms with Crippen LogP contribution in [0.25, 0.3) is 0 Å². The highest BCUT2D eigenvalue weighted by molar-refractivity contribution is 6.35. The maximum absolute atomic E-state index is 10.1. The highest BCUT2D eigenvalue weighted by atomic mass is 35.5. The maximum Gasteiger partial charge on any atom is 0.162 e. The normalized spacial score (nSPS) is 10.3. The molecule has 0 radical (unpaired) electrons. The predicted molar refractivity (Wildman–Crippen MR) is 83.1 cm³/mol. The van der Waals surface area contributed by atoms with Crippen molar-refractivity contribution in [3.8, 4) is 11.5 Å². The summed E-state index contributed by atoms with van der Waals surface area (Å²) in [4.78, 5) is 0. The number of para-hydroxylation sites is 1. The third-order valence-electron chi connectivity index (χ3n) is 2.73. The quantitative estimate of drug-likeness (QED) is 0.840. The van der Waals surface area contributed by atoms with E-state index in [1.165, 1.54) is 0 Å². The average Bonchev–Trinajstić information content (AvgIpc) is 2.39. The Bertz CT molecular complexity index is 582. The van der Waals surface area contributed by atoms with Gasteiger partial charge in [-0.3, -0.25) is 0 Å². The third kappa shape index (κ3) is 3.71. The standard InChI is InChI=1S/C15H15Cl2NO2/c1-2-20-14-5-3-4-10(15(14)19)9-18-13-7-11(16)6-12(17)8-13/h3-8,18-19H,2,9H2,1H3. The van der Waals surface area contributed by atoms with E-state index < -0.39 is 0 Å². The third-order valence-corrected chi connectivity index (χ3v) is 3.16. The molecular formula is C15H15Cl2NO2. The Kier molecular flexibility index (Phi) is 4.99. The number of ether oxygens (including phenoxy) is 1. The van der Waals surface area contributed by atoms with Crippen molar-refractivity contribution >= 4 is 28.9 Å². The summed E-state index contributed by atoms with van der Waals surface area (Å²) in [5.74, 6) is 0.630. The van der Waals surface area contributed by atoms with Crippen LogP contribution in [0.15, 0.2) is 36.4 Å². The number of benzene rings is 2. The molecule has 0 bridgehead atoms. The van der Waals surface area contributed by atoms with Gasteiger partial charge in [-0.25, -0.2) is 0 Å². The van der Waals surface area contributed by atoms with E-state index in [1.54, 1.807) is 24.3 Å². The molecule has 0 aliphatic heterocycles. The molecule has 0 saturated carbocycles. The van der Waals surface area contributed by atoms with Gasteiger partial charge in [-0.15, -0.1) is 0 Å². The average molecular weight is 312 g/mol. The molecule has 0 amide bonds. The van der Waals surface area contributed by atoms with Crippen LogP contribution in [0.5, 0.6) is 11.5 Å². The molecule has 3 nitrogen and oxygen atoms in total. The zero-order valence-corrected chi connectivity index (χ0v) is 12.5. The Morgan fingerprint density at radius 1 is 1.15 bits per heavy atom. The fourth-order valence-corrected chi connectivity index (χ4v) is 2.36. The molecule has 2 aromatic rings. The molecule has 106 valence electrons. The van der Waals surface area contributed by atoms with Crippen LogP contribution in [-0.2, 0) is 6.54 Å². The SMILES string of the molecule is CCOc1cccc(CNc2cc(Cl)cc(Cl)c2)c1O. The summed E-state index contributed by atoms with van der Waals surface area (Å²) in [6.07, 6.45) is 0. The second-order valence-corrected chi connectivity index (χ2v) is 5.08. The molecule has 0 aromatic heterocycles. The Morgan fingerprint density at radius 3 is 2.50 bits per heavy atom. The van der Waals surface area contributed by atoms with Gasteiger partial charge in [0.15, 0.2) is 11.5 Å². The van der Waals surface area contributed by atoms with Crippen LogP contribution in [0.3, 0.4) is 0 Å². The first-order valence-electron chi connectivity index (χ1n) is 6.23. The first-order valence-corrected chi connectivity index (χ1v) is 6.99. The second kappa shape index (κ2) is 6.73. The topological polar surface area (TPSA) is 41.5 Å². The van der Waals surface area contributed by atoms with E-state index >= 15 is 0 Å². The lowest BCUT2D eigenvalue weighted by Gasteiger charge is -2.12. The van der Waals surface area contributed by atoms with E-state index in [4.69, 9.17) is 27.9 Å². The van der Waals surface area contributed by atoms with E-state index in [9.17, 15) is 5.11 Å². The van der Waals surface area contributed by atoms with Gasteiger partial charge in [0.05, 0.1) is 6.61 Å². The maximum atomic E-state index is 10.1. The Hall–Kier alpha value is -1.58. The zero-order valence-electron chi connectivity index (χ0n) is 11.0. The van der Waals surface area contributed by atoms with Crippen LogP contribution < -0.4 is 10.1 Å². The van der Waals surface area contributed by atoms with Gasteiger partial charge in [-0.2, -0.15) is 0 Å². The summed E-state index contributed by atoms with van der Waals surface area (Å²) in [7, 11) is 0. The van der Waals surface area contributed by atoms with Crippen molar-refractivity contribution in [3.05, 3.63) is 52.0 Å². The summed E-state index contributed by atoms with van der Waals surface area (Å²) in [5, 5.41) is 14.4. The lowest BCUT2D eigenvalue weighted by Crippen LogP contribution is -2.01. The number of nitrogens with one attached hydrogen (secondary N) is 1. The van der Waals surface area contributed by atoms with Crippen molar-refractivity contribution in [2.45, 2.75) is 13.5 Å². The number of hydrogen-bond donors (Lipinski definition) is 2. The van der Waals surface area contributed by atoms with Crippen LogP contribution in [0, 0.1) is 0 Å². The molecule has 0 aliphatic rings. The number of halogens is 2. The largest absolute Gasteiger partial charge is 0.504 e. The van der Waals surface area contributed by atoms with E-state index in [-0.39, 0.29) is 5.75 Å². The van der Waals surface area contributed by atoms with Gasteiger partial charge in [0, 0.05) is 27.8 Å². The fourth-order valence-electron chi connectivity index (χ4n) is 1.84. The number of rotatable bonds is 5. The monoisotopic (exact) mass is 311 g/mol. The van der Waals surface area contributed by atoms with Crippen LogP contribution in [0.4, 0.5) is 5.69 Å². The lowest BCUT2D eigenvalue weighted by atomic mass is 10.2. The van der Waals surface area contributed by atoms with E-state index in [0.29, 0.717) is 28.9 Å². The molecule has 0 fully saturated rings. The van der Waals surface area contributed by atoms with Crippen LogP contribution >= 0.6 is 23.2 Å². The minimum atomic E-state index is 0.148. The van der Waals surface area contributed by atoms with Crippen LogP contribution in [0.1, 0.15) is 12.5 Å². The number of phenols is 1. The van der Waals surface area contributed by atoms with Crippen molar-refractivity contribution < 1.29 is 9.84 Å². The minimum Gasteiger partial charge on any atom is -0.504 e. The van der Waals surface area contributed by atoms with E-state index in [0.717, 1.165) is 11.3 Å². The van der Waals surface area contributed by atoms with Crippen molar-refractivity contribution in [3.63, 3.8) is 0 Å². The molecule has 0 spiro atoms. The first-order chi connectivity index (χ1) is 9.60. The molecular weight excluding hydrogens is 297 g/mol.